The van der Waals surface area contributed by atoms with Crippen molar-refractivity contribution in [2.45, 2.75) is 59.4 Å². The first kappa shape index (κ1) is 30.8. The van der Waals surface area contributed by atoms with Gasteiger partial charge in [-0.3, -0.25) is 4.79 Å². The maximum atomic E-state index is 12.1. The highest BCUT2D eigenvalue weighted by molar-refractivity contribution is 7.18. The quantitative estimate of drug-likeness (QED) is 0.270. The van der Waals surface area contributed by atoms with Crippen molar-refractivity contribution >= 4 is 33.6 Å². The predicted molar refractivity (Wildman–Crippen MR) is 153 cm³/mol. The second-order valence-corrected chi connectivity index (χ2v) is 9.37. The summed E-state index contributed by atoms with van der Waals surface area (Å²) < 4.78 is 10.7. The number of anilines is 2. The van der Waals surface area contributed by atoms with E-state index in [2.05, 4.69) is 64.7 Å². The Morgan fingerprint density at radius 1 is 1.36 bits per heavy atom. The van der Waals surface area contributed by atoms with E-state index >= 15 is 0 Å². The number of nitrogens with two attached hydrogens (primary N) is 1. The Balaban J connectivity index is 0.000000550. The van der Waals surface area contributed by atoms with Gasteiger partial charge in [0.05, 0.1) is 6.33 Å². The number of benzene rings is 1. The number of carbonyl (C=O) groups is 1. The van der Waals surface area contributed by atoms with Gasteiger partial charge in [-0.15, -0.1) is 10.2 Å². The Morgan fingerprint density at radius 3 is 2.58 bits per heavy atom. The third kappa shape index (κ3) is 10.6. The molecule has 1 aromatic carbocycles. The number of hydrogen-bond acceptors (Lipinski definition) is 6. The van der Waals surface area contributed by atoms with Crippen LogP contribution >= 0.6 is 11.3 Å². The molecule has 4 N–H and O–H groups in total. The average molecular weight is 514 g/mol. The lowest BCUT2D eigenvalue weighted by Crippen LogP contribution is -2.38. The van der Waals surface area contributed by atoms with Crippen molar-refractivity contribution in [3.63, 3.8) is 0 Å². The van der Waals surface area contributed by atoms with Crippen LogP contribution < -0.4 is 16.4 Å². The second kappa shape index (κ2) is 17.2. The minimum atomic E-state index is 0.00316. The van der Waals surface area contributed by atoms with E-state index in [1.807, 2.05) is 33.9 Å². The first-order chi connectivity index (χ1) is 17.3. The fraction of sp³-hybridized carbons (Fsp3) is 0.393. The molecular weight excluding hydrogens is 473 g/mol. The Hall–Kier alpha value is -3.26. The van der Waals surface area contributed by atoms with E-state index in [9.17, 15) is 9.18 Å². The standard InChI is InChI=1S/C19H25N5OS.C5H10.C4H5F/c1-11(2)17(25)22-14-6-4-5-12(9-14)15-10-13(7-8-16(15)21-3)18-23-24-19(20)26-18;1-3-5-4-2;1-2-3-4-5/h5,7-8,10-11,14,21H,4,6,9H2,1-3H3,(H2,20,24)(H,22,25);3,5H,4H2,1-2H3;2-4H,1H2/b;5-3-;4-3+. The zero-order valence-electron chi connectivity index (χ0n) is 22.1. The molecular formula is C28H40FN5OS. The fourth-order valence-electron chi connectivity index (χ4n) is 3.42. The Morgan fingerprint density at radius 2 is 2.11 bits per heavy atom. The molecule has 1 atom stereocenters. The van der Waals surface area contributed by atoms with Gasteiger partial charge in [0.2, 0.25) is 11.0 Å². The number of amides is 1. The largest absolute Gasteiger partial charge is 0.388 e. The molecule has 0 aliphatic heterocycles. The highest BCUT2D eigenvalue weighted by Gasteiger charge is 2.21. The molecule has 8 heteroatoms. The van der Waals surface area contributed by atoms with Crippen LogP contribution in [0.4, 0.5) is 15.2 Å². The summed E-state index contributed by atoms with van der Waals surface area (Å²) in [5.41, 5.74) is 10.2. The van der Waals surface area contributed by atoms with Crippen molar-refractivity contribution < 1.29 is 9.18 Å². The van der Waals surface area contributed by atoms with Crippen molar-refractivity contribution in [2.75, 3.05) is 18.1 Å². The number of nitrogens with one attached hydrogen (secondary N) is 2. The molecule has 1 aliphatic rings. The number of nitrogen functional groups attached to an aromatic ring is 1. The SMILES string of the molecule is C/C=C\CC.C=C/C=C/F.CNc1ccc(-c2nnc(N)s2)cc1C1=CCCC(NC(=O)C(C)C)C1. The maximum absolute atomic E-state index is 12.1. The number of allylic oxidation sites excluding steroid dienone is 5. The summed E-state index contributed by atoms with van der Waals surface area (Å²) in [6.45, 7) is 11.2. The molecule has 0 radical (unpaired) electrons. The molecule has 0 fully saturated rings. The summed E-state index contributed by atoms with van der Waals surface area (Å²) in [6.07, 6.45) is 13.4. The fourth-order valence-corrected chi connectivity index (χ4v) is 4.03. The molecule has 0 bridgehead atoms. The van der Waals surface area contributed by atoms with Gasteiger partial charge in [-0.2, -0.15) is 0 Å². The second-order valence-electron chi connectivity index (χ2n) is 8.36. The highest BCUT2D eigenvalue weighted by atomic mass is 32.1. The molecule has 0 spiro atoms. The molecule has 0 saturated carbocycles. The molecule has 2 aromatic rings. The van der Waals surface area contributed by atoms with E-state index in [4.69, 9.17) is 5.73 Å². The van der Waals surface area contributed by atoms with Crippen LogP contribution in [-0.2, 0) is 4.79 Å². The first-order valence-electron chi connectivity index (χ1n) is 12.2. The molecule has 3 rings (SSSR count). The molecule has 0 saturated heterocycles. The number of aromatic nitrogens is 2. The van der Waals surface area contributed by atoms with Crippen molar-refractivity contribution in [1.29, 1.82) is 0 Å². The minimum Gasteiger partial charge on any atom is -0.388 e. The number of carbonyl (C=O) groups excluding carboxylic acids is 1. The Labute approximate surface area is 219 Å². The summed E-state index contributed by atoms with van der Waals surface area (Å²) >= 11 is 1.38. The molecule has 1 aromatic heterocycles. The van der Waals surface area contributed by atoms with Crippen LogP contribution in [0.25, 0.3) is 16.1 Å². The normalized spacial score (nSPS) is 15.0. The van der Waals surface area contributed by atoms with E-state index in [0.29, 0.717) is 11.5 Å². The predicted octanol–water partition coefficient (Wildman–Crippen LogP) is 7.17. The summed E-state index contributed by atoms with van der Waals surface area (Å²) in [7, 11) is 1.92. The average Bonchev–Trinajstić information content (AvgIpc) is 3.31. The van der Waals surface area contributed by atoms with Crippen molar-refractivity contribution in [3.05, 3.63) is 67.1 Å². The van der Waals surface area contributed by atoms with E-state index in [-0.39, 0.29) is 17.9 Å². The van der Waals surface area contributed by atoms with Crippen molar-refractivity contribution in [1.82, 2.24) is 15.5 Å². The zero-order valence-corrected chi connectivity index (χ0v) is 22.9. The number of hydrogen-bond donors (Lipinski definition) is 3. The molecule has 1 amide bonds. The van der Waals surface area contributed by atoms with Gasteiger partial charge in [0.25, 0.3) is 0 Å². The molecule has 36 heavy (non-hydrogen) atoms. The van der Waals surface area contributed by atoms with Gasteiger partial charge in [0.1, 0.15) is 5.01 Å². The van der Waals surface area contributed by atoms with Crippen LogP contribution in [0, 0.1) is 5.92 Å². The van der Waals surface area contributed by atoms with Gasteiger partial charge in [-0.05, 0) is 62.5 Å². The first-order valence-corrected chi connectivity index (χ1v) is 13.0. The van der Waals surface area contributed by atoms with Gasteiger partial charge in [-0.25, -0.2) is 4.39 Å². The third-order valence-electron chi connectivity index (χ3n) is 5.25. The van der Waals surface area contributed by atoms with E-state index < -0.39 is 0 Å². The third-order valence-corrected chi connectivity index (χ3v) is 6.05. The zero-order chi connectivity index (χ0) is 26.9. The molecule has 1 heterocycles. The summed E-state index contributed by atoms with van der Waals surface area (Å²) in [4.78, 5) is 12.1. The van der Waals surface area contributed by atoms with Gasteiger partial charge in [0, 0.05) is 35.8 Å². The van der Waals surface area contributed by atoms with Gasteiger partial charge in [-0.1, -0.05) is 63.0 Å². The Kier molecular flexibility index (Phi) is 14.7. The number of halogens is 1. The maximum Gasteiger partial charge on any atom is 0.222 e. The number of nitrogens with zero attached hydrogens (tertiary/aromatic N) is 2. The van der Waals surface area contributed by atoms with Crippen LogP contribution in [0.2, 0.25) is 0 Å². The summed E-state index contributed by atoms with van der Waals surface area (Å²) in [5, 5.41) is 15.8. The Bertz CT molecular complexity index is 1040. The van der Waals surface area contributed by atoms with Crippen molar-refractivity contribution in [3.8, 4) is 10.6 Å². The van der Waals surface area contributed by atoms with E-state index in [1.165, 1.54) is 29.1 Å². The van der Waals surface area contributed by atoms with Crippen molar-refractivity contribution in [2.24, 2.45) is 5.92 Å². The topological polar surface area (TPSA) is 92.9 Å². The van der Waals surface area contributed by atoms with Crippen LogP contribution in [0.5, 0.6) is 0 Å². The highest BCUT2D eigenvalue weighted by Crippen LogP contribution is 2.35. The molecule has 196 valence electrons. The summed E-state index contributed by atoms with van der Waals surface area (Å²) in [6, 6.07) is 6.39. The lowest BCUT2D eigenvalue weighted by molar-refractivity contribution is -0.124. The molecule has 6 nitrogen and oxygen atoms in total. The monoisotopic (exact) mass is 513 g/mol. The lowest BCUT2D eigenvalue weighted by atomic mass is 9.88. The van der Waals surface area contributed by atoms with Crippen LogP contribution in [0.3, 0.4) is 0 Å². The van der Waals surface area contributed by atoms with Gasteiger partial charge in [0.15, 0.2) is 0 Å². The number of rotatable bonds is 7. The van der Waals surface area contributed by atoms with Gasteiger partial charge < -0.3 is 16.4 Å². The van der Waals surface area contributed by atoms with E-state index in [1.54, 1.807) is 0 Å². The molecule has 1 unspecified atom stereocenters. The van der Waals surface area contributed by atoms with Crippen LogP contribution in [0.1, 0.15) is 58.9 Å². The minimum absolute atomic E-state index is 0.00316. The van der Waals surface area contributed by atoms with E-state index in [0.717, 1.165) is 47.5 Å². The smallest absolute Gasteiger partial charge is 0.222 e. The lowest BCUT2D eigenvalue weighted by Gasteiger charge is -2.26. The summed E-state index contributed by atoms with van der Waals surface area (Å²) in [5.74, 6) is 0.117. The molecule has 1 aliphatic carbocycles. The van der Waals surface area contributed by atoms with Crippen LogP contribution in [0.15, 0.2) is 61.5 Å². The van der Waals surface area contributed by atoms with Gasteiger partial charge >= 0.3 is 0 Å². The van der Waals surface area contributed by atoms with Crippen LogP contribution in [-0.4, -0.2) is 29.2 Å².